The molecule has 1 amide bonds. The number of fused-ring (bicyclic) bond motifs is 1. The van der Waals surface area contributed by atoms with Crippen molar-refractivity contribution in [2.45, 2.75) is 0 Å². The molecule has 0 aliphatic carbocycles. The fourth-order valence-corrected chi connectivity index (χ4v) is 2.27. The van der Waals surface area contributed by atoms with E-state index < -0.39 is 5.91 Å². The van der Waals surface area contributed by atoms with Gasteiger partial charge in [-0.15, -0.1) is 5.10 Å². The highest BCUT2D eigenvalue weighted by Gasteiger charge is 2.09. The van der Waals surface area contributed by atoms with Crippen LogP contribution in [0.3, 0.4) is 0 Å². The molecule has 1 aromatic heterocycles. The van der Waals surface area contributed by atoms with Gasteiger partial charge in [0.05, 0.1) is 0 Å². The highest BCUT2D eigenvalue weighted by molar-refractivity contribution is 7.80. The first-order chi connectivity index (χ1) is 11.6. The molecule has 4 N–H and O–H groups in total. The Kier molecular flexibility index (Phi) is 4.53. The fraction of sp³-hybridized carbons (Fsp3) is 0. The fourth-order valence-electron chi connectivity index (χ4n) is 2.11. The Labute approximate surface area is 143 Å². The predicted octanol–water partition coefficient (Wildman–Crippen LogP) is 2.33. The zero-order valence-corrected chi connectivity index (χ0v) is 13.3. The second-order valence-corrected chi connectivity index (χ2v) is 5.32. The van der Waals surface area contributed by atoms with Crippen LogP contribution in [0.15, 0.2) is 70.2 Å². The summed E-state index contributed by atoms with van der Waals surface area (Å²) >= 11 is 5.17. The number of nitrogens with one attached hydrogen (secondary N) is 2. The Morgan fingerprint density at radius 1 is 1.08 bits per heavy atom. The largest absolute Gasteiger partial charge is 0.436 e. The normalized spacial score (nSPS) is 11.2. The van der Waals surface area contributed by atoms with Crippen molar-refractivity contribution in [2.75, 3.05) is 5.32 Å². The maximum atomic E-state index is 11.6. The SMILES string of the molecule is NC(=O)c1cc2ccccc2o/c1=N/NC(=S)Nc1ccccc1. The molecule has 0 radical (unpaired) electrons. The van der Waals surface area contributed by atoms with Crippen LogP contribution in [0.5, 0.6) is 0 Å². The van der Waals surface area contributed by atoms with E-state index in [9.17, 15) is 4.79 Å². The third-order valence-corrected chi connectivity index (χ3v) is 3.41. The van der Waals surface area contributed by atoms with Crippen molar-refractivity contribution >= 4 is 39.9 Å². The predicted molar refractivity (Wildman–Crippen MR) is 96.1 cm³/mol. The molecule has 6 nitrogen and oxygen atoms in total. The molecule has 120 valence electrons. The van der Waals surface area contributed by atoms with Crippen molar-refractivity contribution in [3.05, 3.63) is 71.8 Å². The highest BCUT2D eigenvalue weighted by atomic mass is 32.1. The van der Waals surface area contributed by atoms with Crippen LogP contribution in [-0.2, 0) is 0 Å². The van der Waals surface area contributed by atoms with Gasteiger partial charge >= 0.3 is 0 Å². The Balaban J connectivity index is 1.89. The van der Waals surface area contributed by atoms with Crippen LogP contribution >= 0.6 is 12.2 Å². The molecule has 1 heterocycles. The van der Waals surface area contributed by atoms with Crippen molar-refractivity contribution in [1.82, 2.24) is 5.43 Å². The lowest BCUT2D eigenvalue weighted by Gasteiger charge is -2.06. The number of hydrogen-bond donors (Lipinski definition) is 3. The van der Waals surface area contributed by atoms with Crippen LogP contribution in [0.4, 0.5) is 5.69 Å². The Hall–Kier alpha value is -3.19. The molecular weight excluding hydrogens is 324 g/mol. The molecule has 0 aliphatic heterocycles. The number of thiocarbonyl (C=S) groups is 1. The van der Waals surface area contributed by atoms with Crippen LogP contribution in [0, 0.1) is 0 Å². The maximum absolute atomic E-state index is 11.6. The van der Waals surface area contributed by atoms with Crippen LogP contribution < -0.4 is 22.0 Å². The zero-order chi connectivity index (χ0) is 16.9. The number of carbonyl (C=O) groups excluding carboxylic acids is 1. The van der Waals surface area contributed by atoms with Gasteiger partial charge in [-0.05, 0) is 36.5 Å². The number of benzene rings is 2. The van der Waals surface area contributed by atoms with Crippen molar-refractivity contribution < 1.29 is 9.21 Å². The van der Waals surface area contributed by atoms with Crippen LogP contribution in [0.1, 0.15) is 10.4 Å². The molecule has 0 fully saturated rings. The first-order valence-electron chi connectivity index (χ1n) is 7.12. The molecule has 0 saturated carbocycles. The average Bonchev–Trinajstić information content (AvgIpc) is 2.60. The number of amides is 1. The number of rotatable bonds is 3. The van der Waals surface area contributed by atoms with E-state index in [-0.39, 0.29) is 16.2 Å². The van der Waals surface area contributed by atoms with Gasteiger partial charge in [-0.1, -0.05) is 36.4 Å². The summed E-state index contributed by atoms with van der Waals surface area (Å²) in [6.45, 7) is 0. The van der Waals surface area contributed by atoms with Crippen molar-refractivity contribution in [1.29, 1.82) is 0 Å². The summed E-state index contributed by atoms with van der Waals surface area (Å²) < 4.78 is 5.64. The summed E-state index contributed by atoms with van der Waals surface area (Å²) in [4.78, 5) is 11.6. The third kappa shape index (κ3) is 3.58. The smallest absolute Gasteiger partial charge is 0.254 e. The molecule has 7 heteroatoms. The number of primary amides is 1. The second kappa shape index (κ2) is 6.93. The molecule has 0 spiro atoms. The van der Waals surface area contributed by atoms with Gasteiger partial charge in [0, 0.05) is 11.1 Å². The van der Waals surface area contributed by atoms with Gasteiger partial charge in [0.25, 0.3) is 5.91 Å². The van der Waals surface area contributed by atoms with Crippen molar-refractivity contribution in [2.24, 2.45) is 10.8 Å². The van der Waals surface area contributed by atoms with E-state index in [1.54, 1.807) is 12.1 Å². The van der Waals surface area contributed by atoms with Gasteiger partial charge in [0.2, 0.25) is 5.55 Å². The van der Waals surface area contributed by atoms with Gasteiger partial charge in [0.1, 0.15) is 11.1 Å². The van der Waals surface area contributed by atoms with E-state index in [4.69, 9.17) is 22.4 Å². The minimum atomic E-state index is -0.632. The van der Waals surface area contributed by atoms with Crippen molar-refractivity contribution in [3.63, 3.8) is 0 Å². The molecule has 24 heavy (non-hydrogen) atoms. The standard InChI is InChI=1S/C17H14N4O2S/c18-15(22)13-10-11-6-4-5-9-14(11)23-16(13)20-21-17(24)19-12-7-2-1-3-8-12/h1-10H,(H2,18,22)(H2,19,21,24)/b20-16+. The number of hydrogen-bond acceptors (Lipinski definition) is 4. The summed E-state index contributed by atoms with van der Waals surface area (Å²) in [6.07, 6.45) is 0. The number of nitrogens with zero attached hydrogens (tertiary/aromatic N) is 1. The molecule has 0 atom stereocenters. The van der Waals surface area contributed by atoms with Gasteiger partial charge < -0.3 is 15.5 Å². The number of nitrogens with two attached hydrogens (primary N) is 1. The quantitative estimate of drug-likeness (QED) is 0.503. The number of para-hydroxylation sites is 2. The molecule has 0 saturated heterocycles. The third-order valence-electron chi connectivity index (χ3n) is 3.21. The molecule has 3 rings (SSSR count). The summed E-state index contributed by atoms with van der Waals surface area (Å²) in [7, 11) is 0. The molecule has 3 aromatic rings. The van der Waals surface area contributed by atoms with Crippen LogP contribution in [0.2, 0.25) is 0 Å². The van der Waals surface area contributed by atoms with E-state index in [1.165, 1.54) is 0 Å². The van der Waals surface area contributed by atoms with Gasteiger partial charge in [-0.2, -0.15) is 0 Å². The van der Waals surface area contributed by atoms with E-state index in [2.05, 4.69) is 15.8 Å². The van der Waals surface area contributed by atoms with E-state index in [1.807, 2.05) is 48.5 Å². The maximum Gasteiger partial charge on any atom is 0.254 e. The molecule has 0 unspecified atom stereocenters. The van der Waals surface area contributed by atoms with E-state index >= 15 is 0 Å². The molecule has 0 aliphatic rings. The lowest BCUT2D eigenvalue weighted by atomic mass is 10.2. The lowest BCUT2D eigenvalue weighted by Crippen LogP contribution is -2.29. The summed E-state index contributed by atoms with van der Waals surface area (Å²) in [5.74, 6) is -0.632. The van der Waals surface area contributed by atoms with E-state index in [0.717, 1.165) is 11.1 Å². The highest BCUT2D eigenvalue weighted by Crippen LogP contribution is 2.12. The monoisotopic (exact) mass is 338 g/mol. The first kappa shape index (κ1) is 15.7. The first-order valence-corrected chi connectivity index (χ1v) is 7.53. The van der Waals surface area contributed by atoms with Gasteiger partial charge in [0.15, 0.2) is 5.11 Å². The Bertz CT molecular complexity index is 967. The van der Waals surface area contributed by atoms with Gasteiger partial charge in [-0.25, -0.2) is 5.43 Å². The summed E-state index contributed by atoms with van der Waals surface area (Å²) in [6, 6.07) is 18.3. The minimum absolute atomic E-state index is 0.0680. The molecule has 2 aromatic carbocycles. The minimum Gasteiger partial charge on any atom is -0.436 e. The summed E-state index contributed by atoms with van der Waals surface area (Å²) in [5.41, 5.74) is 9.69. The second-order valence-electron chi connectivity index (χ2n) is 4.91. The lowest BCUT2D eigenvalue weighted by molar-refractivity contribution is 0.0996. The average molecular weight is 338 g/mol. The molecule has 0 bridgehead atoms. The van der Waals surface area contributed by atoms with Gasteiger partial charge in [-0.3, -0.25) is 4.79 Å². The zero-order valence-electron chi connectivity index (χ0n) is 12.5. The van der Waals surface area contributed by atoms with Crippen LogP contribution in [-0.4, -0.2) is 11.0 Å². The number of anilines is 1. The van der Waals surface area contributed by atoms with E-state index in [0.29, 0.717) is 5.58 Å². The Morgan fingerprint density at radius 2 is 1.79 bits per heavy atom. The molecular formula is C17H14N4O2S. The Morgan fingerprint density at radius 3 is 2.54 bits per heavy atom. The van der Waals surface area contributed by atoms with Crippen molar-refractivity contribution in [3.8, 4) is 0 Å². The van der Waals surface area contributed by atoms with Crippen LogP contribution in [0.25, 0.3) is 11.0 Å². The summed E-state index contributed by atoms with van der Waals surface area (Å²) in [5, 5.41) is 8.04. The number of carbonyl (C=O) groups is 1. The topological polar surface area (TPSA) is 92.7 Å².